The Labute approximate surface area is 117 Å². The van der Waals surface area contributed by atoms with E-state index in [9.17, 15) is 14.4 Å². The normalized spacial score (nSPS) is 25.9. The maximum Gasteiger partial charge on any atom is 0.317 e. The van der Waals surface area contributed by atoms with Crippen molar-refractivity contribution in [2.45, 2.75) is 32.7 Å². The van der Waals surface area contributed by atoms with Crippen molar-refractivity contribution in [1.29, 1.82) is 0 Å². The Morgan fingerprint density at radius 2 is 2.20 bits per heavy atom. The highest BCUT2D eigenvalue weighted by Gasteiger charge is 2.42. The van der Waals surface area contributed by atoms with Gasteiger partial charge >= 0.3 is 12.0 Å². The third-order valence-electron chi connectivity index (χ3n) is 4.12. The lowest BCUT2D eigenvalue weighted by Gasteiger charge is -2.36. The van der Waals surface area contributed by atoms with Crippen LogP contribution in [0.1, 0.15) is 26.7 Å². The van der Waals surface area contributed by atoms with E-state index in [1.54, 1.807) is 18.7 Å². The van der Waals surface area contributed by atoms with Crippen molar-refractivity contribution in [2.75, 3.05) is 19.6 Å². The van der Waals surface area contributed by atoms with Gasteiger partial charge in [0, 0.05) is 19.6 Å². The monoisotopic (exact) mass is 283 g/mol. The van der Waals surface area contributed by atoms with E-state index >= 15 is 0 Å². The van der Waals surface area contributed by atoms with Crippen molar-refractivity contribution < 1.29 is 19.5 Å². The van der Waals surface area contributed by atoms with Crippen LogP contribution >= 0.6 is 0 Å². The minimum Gasteiger partial charge on any atom is -0.481 e. The number of fused-ring (bicyclic) bond motifs is 1. The first kappa shape index (κ1) is 14.6. The second-order valence-corrected chi connectivity index (χ2v) is 6.10. The van der Waals surface area contributed by atoms with E-state index in [1.165, 1.54) is 0 Å². The number of aliphatic carboxylic acids is 1. The van der Waals surface area contributed by atoms with Gasteiger partial charge < -0.3 is 20.6 Å². The number of amides is 3. The maximum atomic E-state index is 12.2. The van der Waals surface area contributed by atoms with Crippen molar-refractivity contribution in [2.24, 2.45) is 11.3 Å². The van der Waals surface area contributed by atoms with E-state index in [2.05, 4.69) is 10.6 Å². The summed E-state index contributed by atoms with van der Waals surface area (Å²) >= 11 is 0. The molecule has 2 saturated heterocycles. The molecule has 0 spiro atoms. The topological polar surface area (TPSA) is 98.7 Å². The average molecular weight is 283 g/mol. The predicted octanol–water partition coefficient (Wildman–Crippen LogP) is 0.0172. The molecule has 2 rings (SSSR count). The quantitative estimate of drug-likeness (QED) is 0.680. The second-order valence-electron chi connectivity index (χ2n) is 6.10. The Morgan fingerprint density at radius 3 is 2.85 bits per heavy atom. The fraction of sp³-hybridized carbons (Fsp3) is 0.769. The molecule has 0 saturated carbocycles. The van der Waals surface area contributed by atoms with Gasteiger partial charge in [-0.15, -0.1) is 0 Å². The number of carboxylic acids is 1. The molecule has 7 heteroatoms. The van der Waals surface area contributed by atoms with Crippen molar-refractivity contribution in [3.8, 4) is 0 Å². The highest BCUT2D eigenvalue weighted by molar-refractivity contribution is 5.84. The number of piperidine rings is 1. The lowest BCUT2D eigenvalue weighted by molar-refractivity contribution is -0.146. The molecule has 2 fully saturated rings. The summed E-state index contributed by atoms with van der Waals surface area (Å²) in [5.74, 6) is -1.06. The van der Waals surface area contributed by atoms with Crippen molar-refractivity contribution in [3.05, 3.63) is 0 Å². The van der Waals surface area contributed by atoms with Gasteiger partial charge in [-0.2, -0.15) is 0 Å². The number of likely N-dealkylation sites (tertiary alicyclic amines) is 1. The number of carboxylic acid groups (broad SMARTS) is 1. The summed E-state index contributed by atoms with van der Waals surface area (Å²) in [5.41, 5.74) is -1.01. The lowest BCUT2D eigenvalue weighted by Crippen LogP contribution is -2.54. The highest BCUT2D eigenvalue weighted by atomic mass is 16.4. The van der Waals surface area contributed by atoms with Gasteiger partial charge in [0.05, 0.1) is 17.4 Å². The molecule has 3 amide bonds. The standard InChI is InChI=1S/C13H21N3O4/c1-13(2,11(18)19)7-15-12(20)16-5-3-4-8-9(16)6-14-10(8)17/h8-9H,3-7H2,1-2H3,(H,14,17)(H,15,20)(H,18,19). The minimum absolute atomic E-state index is 0.0124. The first-order chi connectivity index (χ1) is 9.33. The van der Waals surface area contributed by atoms with E-state index in [0.29, 0.717) is 13.1 Å². The van der Waals surface area contributed by atoms with Crippen LogP contribution in [0.2, 0.25) is 0 Å². The largest absolute Gasteiger partial charge is 0.481 e. The zero-order valence-electron chi connectivity index (χ0n) is 11.8. The van der Waals surface area contributed by atoms with Crippen LogP contribution in [0.15, 0.2) is 0 Å². The van der Waals surface area contributed by atoms with E-state index in [0.717, 1.165) is 12.8 Å². The van der Waals surface area contributed by atoms with Crippen LogP contribution < -0.4 is 10.6 Å². The van der Waals surface area contributed by atoms with E-state index in [4.69, 9.17) is 5.11 Å². The molecule has 0 aromatic carbocycles. The van der Waals surface area contributed by atoms with Crippen molar-refractivity contribution >= 4 is 17.9 Å². The van der Waals surface area contributed by atoms with Gasteiger partial charge in [-0.05, 0) is 26.7 Å². The molecule has 3 N–H and O–H groups in total. The van der Waals surface area contributed by atoms with Crippen molar-refractivity contribution in [3.63, 3.8) is 0 Å². The molecular weight excluding hydrogens is 262 g/mol. The summed E-state index contributed by atoms with van der Waals surface area (Å²) in [6.45, 7) is 4.29. The summed E-state index contributed by atoms with van der Waals surface area (Å²) in [6, 6.07) is -0.394. The number of hydrogen-bond acceptors (Lipinski definition) is 3. The molecule has 0 radical (unpaired) electrons. The molecule has 112 valence electrons. The first-order valence-electron chi connectivity index (χ1n) is 6.88. The van der Waals surface area contributed by atoms with Gasteiger partial charge in [-0.3, -0.25) is 9.59 Å². The molecule has 7 nitrogen and oxygen atoms in total. The summed E-state index contributed by atoms with van der Waals surface area (Å²) in [6.07, 6.45) is 1.60. The van der Waals surface area contributed by atoms with Crippen LogP contribution in [0.25, 0.3) is 0 Å². The zero-order valence-corrected chi connectivity index (χ0v) is 11.8. The number of nitrogens with zero attached hydrogens (tertiary/aromatic N) is 1. The summed E-state index contributed by atoms with van der Waals surface area (Å²) in [5, 5.41) is 14.5. The van der Waals surface area contributed by atoms with Crippen LogP contribution in [0.3, 0.4) is 0 Å². The molecule has 0 aromatic rings. The molecule has 2 aliphatic heterocycles. The average Bonchev–Trinajstić information content (AvgIpc) is 2.78. The molecule has 2 heterocycles. The number of nitrogens with one attached hydrogen (secondary N) is 2. The minimum atomic E-state index is -1.01. The van der Waals surface area contributed by atoms with Crippen LogP contribution in [0, 0.1) is 11.3 Å². The summed E-state index contributed by atoms with van der Waals surface area (Å²) in [4.78, 5) is 36.5. The highest BCUT2D eigenvalue weighted by Crippen LogP contribution is 2.27. The zero-order chi connectivity index (χ0) is 14.9. The Balaban J connectivity index is 1.95. The van der Waals surface area contributed by atoms with E-state index in [1.807, 2.05) is 0 Å². The number of urea groups is 1. The molecule has 2 unspecified atom stereocenters. The van der Waals surface area contributed by atoms with E-state index < -0.39 is 11.4 Å². The van der Waals surface area contributed by atoms with Crippen LogP contribution in [0.4, 0.5) is 4.79 Å². The van der Waals surface area contributed by atoms with Gasteiger partial charge in [0.15, 0.2) is 0 Å². The number of carbonyl (C=O) groups is 3. The molecule has 20 heavy (non-hydrogen) atoms. The lowest BCUT2D eigenvalue weighted by atomic mass is 9.91. The predicted molar refractivity (Wildman–Crippen MR) is 71.0 cm³/mol. The molecule has 2 aliphatic rings. The molecule has 0 aromatic heterocycles. The van der Waals surface area contributed by atoms with Gasteiger partial charge in [-0.1, -0.05) is 0 Å². The summed E-state index contributed by atoms with van der Waals surface area (Å²) < 4.78 is 0. The molecule has 0 bridgehead atoms. The van der Waals surface area contributed by atoms with E-state index in [-0.39, 0.29) is 30.4 Å². The summed E-state index contributed by atoms with van der Waals surface area (Å²) in [7, 11) is 0. The van der Waals surface area contributed by atoms with Gasteiger partial charge in [0.1, 0.15) is 0 Å². The third-order valence-corrected chi connectivity index (χ3v) is 4.12. The Kier molecular flexibility index (Phi) is 3.87. The fourth-order valence-electron chi connectivity index (χ4n) is 2.68. The number of hydrogen-bond donors (Lipinski definition) is 3. The van der Waals surface area contributed by atoms with Gasteiger partial charge in [0.25, 0.3) is 0 Å². The Bertz CT molecular complexity index is 435. The SMILES string of the molecule is CC(C)(CNC(=O)N1CCCC2C(=O)NCC21)C(=O)O. The Hall–Kier alpha value is -1.79. The number of carbonyl (C=O) groups excluding carboxylic acids is 2. The first-order valence-corrected chi connectivity index (χ1v) is 6.88. The molecular formula is C13H21N3O4. The third kappa shape index (κ3) is 2.71. The number of rotatable bonds is 3. The van der Waals surface area contributed by atoms with Crippen LogP contribution in [-0.2, 0) is 9.59 Å². The van der Waals surface area contributed by atoms with Crippen LogP contribution in [0.5, 0.6) is 0 Å². The molecule has 0 aliphatic carbocycles. The Morgan fingerprint density at radius 1 is 1.50 bits per heavy atom. The second kappa shape index (κ2) is 5.30. The maximum absolute atomic E-state index is 12.2. The molecule has 2 atom stereocenters. The fourth-order valence-corrected chi connectivity index (χ4v) is 2.68. The van der Waals surface area contributed by atoms with Gasteiger partial charge in [0.2, 0.25) is 5.91 Å². The van der Waals surface area contributed by atoms with Crippen molar-refractivity contribution in [1.82, 2.24) is 15.5 Å². The smallest absolute Gasteiger partial charge is 0.317 e. The van der Waals surface area contributed by atoms with Gasteiger partial charge in [-0.25, -0.2) is 4.79 Å². The van der Waals surface area contributed by atoms with Crippen LogP contribution in [-0.4, -0.2) is 53.6 Å².